The largest absolute Gasteiger partial charge is 0.450 e. The molecule has 1 amide bonds. The van der Waals surface area contributed by atoms with E-state index in [1.807, 2.05) is 0 Å². The zero-order chi connectivity index (χ0) is 18.9. The highest BCUT2D eigenvalue weighted by atomic mass is 16.5. The van der Waals surface area contributed by atoms with Gasteiger partial charge in [-0.3, -0.25) is 4.99 Å². The van der Waals surface area contributed by atoms with Crippen LogP contribution in [0.3, 0.4) is 0 Å². The first-order valence-corrected chi connectivity index (χ1v) is 9.46. The Bertz CT molecular complexity index is 588. The molecule has 8 nitrogen and oxygen atoms in total. The summed E-state index contributed by atoms with van der Waals surface area (Å²) in [4.78, 5) is 16.0. The number of carbonyl (C=O) groups is 1. The molecule has 1 aliphatic rings. The third-order valence-corrected chi connectivity index (χ3v) is 4.52. The summed E-state index contributed by atoms with van der Waals surface area (Å²) in [5, 5.41) is 13.7. The van der Waals surface area contributed by atoms with Gasteiger partial charge in [-0.15, -0.1) is 0 Å². The number of amides is 1. The summed E-state index contributed by atoms with van der Waals surface area (Å²) in [6, 6.07) is 0.0422. The van der Waals surface area contributed by atoms with E-state index in [2.05, 4.69) is 39.9 Å². The smallest absolute Gasteiger partial charge is 0.407 e. The summed E-state index contributed by atoms with van der Waals surface area (Å²) in [6.07, 6.45) is 3.54. The number of carbonyl (C=O) groups excluding carboxylic acids is 1. The van der Waals surface area contributed by atoms with Crippen molar-refractivity contribution in [2.24, 2.45) is 10.9 Å². The van der Waals surface area contributed by atoms with Gasteiger partial charge in [-0.2, -0.15) is 0 Å². The molecule has 0 aliphatic heterocycles. The molecule has 0 saturated heterocycles. The van der Waals surface area contributed by atoms with Gasteiger partial charge < -0.3 is 25.2 Å². The lowest BCUT2D eigenvalue weighted by molar-refractivity contribution is 0.146. The maximum atomic E-state index is 11.7. The van der Waals surface area contributed by atoms with Gasteiger partial charge in [-0.25, -0.2) is 4.79 Å². The Balaban J connectivity index is 1.87. The van der Waals surface area contributed by atoms with Crippen molar-refractivity contribution < 1.29 is 14.1 Å². The van der Waals surface area contributed by atoms with Crippen molar-refractivity contribution in [3.8, 4) is 0 Å². The minimum absolute atomic E-state index is 0.0422. The molecule has 3 N–H and O–H groups in total. The zero-order valence-corrected chi connectivity index (χ0v) is 16.2. The van der Waals surface area contributed by atoms with E-state index in [9.17, 15) is 4.79 Å². The van der Waals surface area contributed by atoms with Crippen LogP contribution in [0.4, 0.5) is 4.79 Å². The van der Waals surface area contributed by atoms with Crippen LogP contribution in [0.2, 0.25) is 0 Å². The van der Waals surface area contributed by atoms with Crippen molar-refractivity contribution in [2.45, 2.75) is 59.0 Å². The van der Waals surface area contributed by atoms with Crippen molar-refractivity contribution in [1.29, 1.82) is 0 Å². The van der Waals surface area contributed by atoms with Crippen LogP contribution < -0.4 is 16.0 Å². The molecule has 0 aromatic carbocycles. The van der Waals surface area contributed by atoms with Gasteiger partial charge >= 0.3 is 6.09 Å². The third-order valence-electron chi connectivity index (χ3n) is 4.52. The number of hydrogen-bond acceptors (Lipinski definition) is 5. The number of aryl methyl sites for hydroxylation is 2. The summed E-state index contributed by atoms with van der Waals surface area (Å²) in [7, 11) is 1.73. The molecule has 26 heavy (non-hydrogen) atoms. The topological polar surface area (TPSA) is 101 Å². The van der Waals surface area contributed by atoms with Crippen molar-refractivity contribution in [3.05, 3.63) is 17.0 Å². The normalized spacial score (nSPS) is 15.5. The monoisotopic (exact) mass is 365 g/mol. The quantitative estimate of drug-likeness (QED) is 0.457. The number of alkyl carbamates (subject to hydrolysis) is 1. The molecular weight excluding hydrogens is 334 g/mol. The number of aromatic nitrogens is 1. The Morgan fingerprint density at radius 2 is 2.08 bits per heavy atom. The van der Waals surface area contributed by atoms with Gasteiger partial charge in [-0.05, 0) is 32.1 Å². The van der Waals surface area contributed by atoms with Gasteiger partial charge in [0.25, 0.3) is 0 Å². The number of nitrogens with zero attached hydrogens (tertiary/aromatic N) is 2. The van der Waals surface area contributed by atoms with Crippen LogP contribution in [0.25, 0.3) is 0 Å². The summed E-state index contributed by atoms with van der Waals surface area (Å²) in [5.74, 6) is 2.10. The number of hydrogen-bond donors (Lipinski definition) is 3. The molecule has 1 atom stereocenters. The molecule has 1 aromatic rings. The predicted octanol–water partition coefficient (Wildman–Crippen LogP) is 1.99. The molecule has 0 spiro atoms. The molecule has 8 heteroatoms. The van der Waals surface area contributed by atoms with Gasteiger partial charge in [0.2, 0.25) is 0 Å². The van der Waals surface area contributed by atoms with E-state index >= 15 is 0 Å². The van der Waals surface area contributed by atoms with E-state index in [0.717, 1.165) is 42.7 Å². The zero-order valence-electron chi connectivity index (χ0n) is 16.2. The number of ether oxygens (including phenoxy) is 1. The van der Waals surface area contributed by atoms with Gasteiger partial charge in [0.15, 0.2) is 5.96 Å². The minimum Gasteiger partial charge on any atom is -0.450 e. The second-order valence-electron chi connectivity index (χ2n) is 6.35. The Morgan fingerprint density at radius 1 is 1.31 bits per heavy atom. The lowest BCUT2D eigenvalue weighted by Gasteiger charge is -2.20. The van der Waals surface area contributed by atoms with Gasteiger partial charge in [0.05, 0.1) is 18.3 Å². The van der Waals surface area contributed by atoms with E-state index in [1.54, 1.807) is 14.0 Å². The Hall–Kier alpha value is -2.25. The molecule has 0 bridgehead atoms. The Morgan fingerprint density at radius 3 is 2.65 bits per heavy atom. The maximum Gasteiger partial charge on any atom is 0.407 e. The summed E-state index contributed by atoms with van der Waals surface area (Å²) < 4.78 is 10.4. The van der Waals surface area contributed by atoms with Gasteiger partial charge in [0, 0.05) is 32.1 Å². The molecule has 1 saturated carbocycles. The Kier molecular flexibility index (Phi) is 7.74. The molecule has 1 aliphatic carbocycles. The van der Waals surface area contributed by atoms with Gasteiger partial charge in [0.1, 0.15) is 5.76 Å². The van der Waals surface area contributed by atoms with E-state index in [-0.39, 0.29) is 12.1 Å². The third kappa shape index (κ3) is 5.64. The lowest BCUT2D eigenvalue weighted by Crippen LogP contribution is -2.48. The predicted molar refractivity (Wildman–Crippen MR) is 100 cm³/mol. The summed E-state index contributed by atoms with van der Waals surface area (Å²) in [5.41, 5.74) is 2.07. The highest BCUT2D eigenvalue weighted by molar-refractivity contribution is 5.79. The molecule has 1 aromatic heterocycles. The molecule has 1 fully saturated rings. The standard InChI is InChI=1S/C18H31N5O3/c1-5-14-13(16(6-2)26-23-14)10-20-17(19-4)21-11-15(12-8-9-12)22-18(24)25-7-3/h12,15H,5-11H2,1-4H3,(H,22,24)(H2,19,20,21). The average molecular weight is 365 g/mol. The SMILES string of the molecule is CCOC(=O)NC(CNC(=NC)NCc1c(CC)noc1CC)C1CC1. The molecule has 1 unspecified atom stereocenters. The van der Waals surface area contributed by atoms with Crippen LogP contribution in [-0.2, 0) is 24.1 Å². The average Bonchev–Trinajstić information content (AvgIpc) is 3.41. The van der Waals surface area contributed by atoms with Crippen LogP contribution in [0.15, 0.2) is 9.52 Å². The molecule has 2 rings (SSSR count). The van der Waals surface area contributed by atoms with E-state index in [0.29, 0.717) is 31.6 Å². The van der Waals surface area contributed by atoms with E-state index in [1.165, 1.54) is 0 Å². The molecule has 146 valence electrons. The highest BCUT2D eigenvalue weighted by Crippen LogP contribution is 2.32. The molecule has 1 heterocycles. The lowest BCUT2D eigenvalue weighted by atomic mass is 10.1. The van der Waals surface area contributed by atoms with Crippen LogP contribution >= 0.6 is 0 Å². The number of rotatable bonds is 9. The number of guanidine groups is 1. The van der Waals surface area contributed by atoms with Crippen molar-refractivity contribution in [3.63, 3.8) is 0 Å². The maximum absolute atomic E-state index is 11.7. The molecular formula is C18H31N5O3. The van der Waals surface area contributed by atoms with Crippen LogP contribution in [-0.4, -0.2) is 43.5 Å². The van der Waals surface area contributed by atoms with E-state index < -0.39 is 0 Å². The first-order valence-electron chi connectivity index (χ1n) is 9.46. The second-order valence-corrected chi connectivity index (χ2v) is 6.35. The molecule has 0 radical (unpaired) electrons. The fraction of sp³-hybridized carbons (Fsp3) is 0.722. The second kappa shape index (κ2) is 10.0. The van der Waals surface area contributed by atoms with Crippen LogP contribution in [0.5, 0.6) is 0 Å². The number of nitrogens with one attached hydrogen (secondary N) is 3. The number of aliphatic imine (C=N–C) groups is 1. The Labute approximate surface area is 155 Å². The highest BCUT2D eigenvalue weighted by Gasteiger charge is 2.32. The van der Waals surface area contributed by atoms with Gasteiger partial charge in [-0.1, -0.05) is 19.0 Å². The first-order chi connectivity index (χ1) is 12.6. The first kappa shape index (κ1) is 20.1. The van der Waals surface area contributed by atoms with Crippen LogP contribution in [0.1, 0.15) is 50.6 Å². The summed E-state index contributed by atoms with van der Waals surface area (Å²) in [6.45, 7) is 7.50. The van der Waals surface area contributed by atoms with E-state index in [4.69, 9.17) is 9.26 Å². The summed E-state index contributed by atoms with van der Waals surface area (Å²) >= 11 is 0. The van der Waals surface area contributed by atoms with Crippen molar-refractivity contribution in [1.82, 2.24) is 21.1 Å². The van der Waals surface area contributed by atoms with Crippen LogP contribution in [0, 0.1) is 5.92 Å². The minimum atomic E-state index is -0.362. The fourth-order valence-corrected chi connectivity index (χ4v) is 2.90. The van der Waals surface area contributed by atoms with Crippen molar-refractivity contribution >= 4 is 12.1 Å². The fourth-order valence-electron chi connectivity index (χ4n) is 2.90. The van der Waals surface area contributed by atoms with Crippen molar-refractivity contribution in [2.75, 3.05) is 20.2 Å².